The molecular weight excluding hydrogens is 413 g/mol. The number of carbonyl (C=O) groups excluding carboxylic acids is 1. The zero-order chi connectivity index (χ0) is 20.0. The van der Waals surface area contributed by atoms with Crippen molar-refractivity contribution in [3.05, 3.63) is 71.1 Å². The molecule has 2 aliphatic rings. The minimum absolute atomic E-state index is 0.153. The number of nitrogens with zero attached hydrogens (tertiary/aromatic N) is 1. The van der Waals surface area contributed by atoms with Crippen LogP contribution in [0.3, 0.4) is 0 Å². The number of carbonyl (C=O) groups is 1. The molecule has 3 heterocycles. The molecule has 0 N–H and O–H groups in total. The van der Waals surface area contributed by atoms with Gasteiger partial charge in [-0.15, -0.1) is 0 Å². The fraction of sp³-hybridized carbons (Fsp3) is 0.0476. The number of ether oxygens (including phenoxy) is 2. The van der Waals surface area contributed by atoms with Gasteiger partial charge >= 0.3 is 0 Å². The lowest BCUT2D eigenvalue weighted by Crippen LogP contribution is -2.27. The van der Waals surface area contributed by atoms with Crippen LogP contribution in [0.4, 0.5) is 10.1 Å². The molecule has 29 heavy (non-hydrogen) atoms. The summed E-state index contributed by atoms with van der Waals surface area (Å²) in [5.41, 5.74) is 0.965. The number of rotatable bonds is 3. The van der Waals surface area contributed by atoms with E-state index in [4.69, 9.17) is 26.1 Å². The van der Waals surface area contributed by atoms with E-state index in [-0.39, 0.29) is 18.5 Å². The monoisotopic (exact) mass is 425 g/mol. The lowest BCUT2D eigenvalue weighted by Gasteiger charge is -2.14. The number of thiocarbonyl (C=S) groups is 1. The van der Waals surface area contributed by atoms with Crippen LogP contribution in [0, 0.1) is 5.82 Å². The van der Waals surface area contributed by atoms with Crippen LogP contribution in [0.1, 0.15) is 5.76 Å². The van der Waals surface area contributed by atoms with E-state index in [0.29, 0.717) is 43.5 Å². The number of fused-ring (bicyclic) bond motifs is 1. The van der Waals surface area contributed by atoms with Gasteiger partial charge in [0.05, 0.1) is 16.2 Å². The topological polar surface area (TPSA) is 51.9 Å². The first-order chi connectivity index (χ1) is 14.1. The van der Waals surface area contributed by atoms with Crippen molar-refractivity contribution in [2.45, 2.75) is 0 Å². The number of hydrogen-bond acceptors (Lipinski definition) is 6. The molecule has 1 amide bonds. The highest BCUT2D eigenvalue weighted by Gasteiger charge is 2.34. The molecule has 1 aromatic heterocycles. The number of thioether (sulfide) groups is 1. The van der Waals surface area contributed by atoms with Crippen LogP contribution >= 0.6 is 24.0 Å². The molecule has 0 aliphatic carbocycles. The summed E-state index contributed by atoms with van der Waals surface area (Å²) < 4.78 is 30.8. The van der Waals surface area contributed by atoms with Gasteiger partial charge in [0.25, 0.3) is 5.91 Å². The Bertz CT molecular complexity index is 1190. The van der Waals surface area contributed by atoms with Crippen LogP contribution < -0.4 is 14.4 Å². The van der Waals surface area contributed by atoms with Crippen molar-refractivity contribution in [1.29, 1.82) is 0 Å². The number of furan rings is 1. The molecule has 144 valence electrons. The van der Waals surface area contributed by atoms with Gasteiger partial charge in [0, 0.05) is 12.1 Å². The van der Waals surface area contributed by atoms with Crippen molar-refractivity contribution < 1.29 is 23.1 Å². The number of amides is 1. The molecule has 1 fully saturated rings. The van der Waals surface area contributed by atoms with Gasteiger partial charge in [-0.05, 0) is 36.4 Å². The second-order valence-electron chi connectivity index (χ2n) is 6.24. The molecule has 0 saturated carbocycles. The number of benzene rings is 2. The van der Waals surface area contributed by atoms with E-state index in [9.17, 15) is 9.18 Å². The summed E-state index contributed by atoms with van der Waals surface area (Å²) in [6.07, 6.45) is 1.61. The summed E-state index contributed by atoms with van der Waals surface area (Å²) in [6, 6.07) is 14.9. The number of hydrogen-bond donors (Lipinski definition) is 0. The van der Waals surface area contributed by atoms with Gasteiger partial charge in [-0.1, -0.05) is 36.1 Å². The maximum absolute atomic E-state index is 14.0. The van der Waals surface area contributed by atoms with Gasteiger partial charge in [-0.3, -0.25) is 9.69 Å². The standard InChI is InChI=1S/C21H12FNO4S2/c22-15-4-2-1-3-14(15)16-8-6-13(27-16)10-19-20(24)23(21(28)29-19)12-5-7-17-18(9-12)26-11-25-17/h1-10H,11H2/b19-10-. The van der Waals surface area contributed by atoms with Crippen LogP contribution in [0.2, 0.25) is 0 Å². The normalized spacial score (nSPS) is 16.9. The van der Waals surface area contributed by atoms with Crippen LogP contribution in [0.5, 0.6) is 11.5 Å². The number of anilines is 1. The Morgan fingerprint density at radius 2 is 1.90 bits per heavy atom. The summed E-state index contributed by atoms with van der Waals surface area (Å²) in [6.45, 7) is 0.153. The van der Waals surface area contributed by atoms with Crippen LogP contribution in [-0.4, -0.2) is 17.0 Å². The maximum Gasteiger partial charge on any atom is 0.270 e. The van der Waals surface area contributed by atoms with Crippen molar-refractivity contribution >= 4 is 46.0 Å². The Kier molecular flexibility index (Phi) is 4.37. The zero-order valence-corrected chi connectivity index (χ0v) is 16.4. The van der Waals surface area contributed by atoms with Gasteiger partial charge in [0.15, 0.2) is 15.8 Å². The van der Waals surface area contributed by atoms with Gasteiger partial charge in [-0.2, -0.15) is 0 Å². The highest BCUT2D eigenvalue weighted by atomic mass is 32.2. The maximum atomic E-state index is 14.0. The third kappa shape index (κ3) is 3.20. The Balaban J connectivity index is 1.43. The Morgan fingerprint density at radius 1 is 1.07 bits per heavy atom. The summed E-state index contributed by atoms with van der Waals surface area (Å²) in [5.74, 6) is 1.40. The fourth-order valence-corrected chi connectivity index (χ4v) is 4.36. The SMILES string of the molecule is O=C1/C(=C/c2ccc(-c3ccccc3F)o2)SC(=S)N1c1ccc2c(c1)OCO2. The molecule has 0 radical (unpaired) electrons. The van der Waals surface area contributed by atoms with Gasteiger partial charge in [0.2, 0.25) is 6.79 Å². The van der Waals surface area contributed by atoms with Crippen molar-refractivity contribution in [3.63, 3.8) is 0 Å². The smallest absolute Gasteiger partial charge is 0.270 e. The highest BCUT2D eigenvalue weighted by Crippen LogP contribution is 2.41. The molecule has 3 aromatic rings. The summed E-state index contributed by atoms with van der Waals surface area (Å²) in [7, 11) is 0. The van der Waals surface area contributed by atoms with E-state index in [1.54, 1.807) is 54.6 Å². The predicted molar refractivity (Wildman–Crippen MR) is 112 cm³/mol. The molecule has 0 atom stereocenters. The second-order valence-corrected chi connectivity index (χ2v) is 7.91. The predicted octanol–water partition coefficient (Wildman–Crippen LogP) is 5.22. The average molecular weight is 425 g/mol. The fourth-order valence-electron chi connectivity index (χ4n) is 3.08. The van der Waals surface area contributed by atoms with E-state index in [0.717, 1.165) is 0 Å². The number of halogens is 1. The van der Waals surface area contributed by atoms with Crippen molar-refractivity contribution in [2.75, 3.05) is 11.7 Å². The summed E-state index contributed by atoms with van der Waals surface area (Å²) >= 11 is 6.57. The van der Waals surface area contributed by atoms with E-state index in [1.165, 1.54) is 22.7 Å². The molecule has 0 bridgehead atoms. The molecule has 8 heteroatoms. The molecule has 0 spiro atoms. The summed E-state index contributed by atoms with van der Waals surface area (Å²) in [4.78, 5) is 14.8. The first kappa shape index (κ1) is 18.0. The third-order valence-corrected chi connectivity index (χ3v) is 5.75. The molecule has 0 unspecified atom stereocenters. The third-order valence-electron chi connectivity index (χ3n) is 4.45. The Labute approximate surface area is 174 Å². The molecule has 2 aliphatic heterocycles. The van der Waals surface area contributed by atoms with E-state index in [2.05, 4.69) is 0 Å². The second kappa shape index (κ2) is 7.06. The molecular formula is C21H12FNO4S2. The minimum atomic E-state index is -0.373. The lowest BCUT2D eigenvalue weighted by molar-refractivity contribution is -0.113. The zero-order valence-electron chi connectivity index (χ0n) is 14.8. The van der Waals surface area contributed by atoms with Crippen LogP contribution in [0.25, 0.3) is 17.4 Å². The first-order valence-corrected chi connectivity index (χ1v) is 9.85. The van der Waals surface area contributed by atoms with Gasteiger partial charge in [0.1, 0.15) is 17.3 Å². The summed E-state index contributed by atoms with van der Waals surface area (Å²) in [5, 5.41) is 0. The Morgan fingerprint density at radius 3 is 2.76 bits per heavy atom. The van der Waals surface area contributed by atoms with E-state index in [1.807, 2.05) is 0 Å². The average Bonchev–Trinajstić information content (AvgIpc) is 3.42. The van der Waals surface area contributed by atoms with Crippen molar-refractivity contribution in [1.82, 2.24) is 0 Å². The van der Waals surface area contributed by atoms with E-state index >= 15 is 0 Å². The quantitative estimate of drug-likeness (QED) is 0.424. The molecule has 1 saturated heterocycles. The molecule has 5 rings (SSSR count). The Hall–Kier alpha value is -3.10. The highest BCUT2D eigenvalue weighted by molar-refractivity contribution is 8.27. The van der Waals surface area contributed by atoms with E-state index < -0.39 is 0 Å². The van der Waals surface area contributed by atoms with Crippen LogP contribution in [-0.2, 0) is 4.79 Å². The van der Waals surface area contributed by atoms with Gasteiger partial charge < -0.3 is 13.9 Å². The van der Waals surface area contributed by atoms with Crippen molar-refractivity contribution in [2.24, 2.45) is 0 Å². The van der Waals surface area contributed by atoms with Gasteiger partial charge in [-0.25, -0.2) is 4.39 Å². The van der Waals surface area contributed by atoms with Crippen molar-refractivity contribution in [3.8, 4) is 22.8 Å². The largest absolute Gasteiger partial charge is 0.457 e. The molecule has 5 nitrogen and oxygen atoms in total. The lowest BCUT2D eigenvalue weighted by atomic mass is 10.1. The minimum Gasteiger partial charge on any atom is -0.457 e. The molecule has 2 aromatic carbocycles. The van der Waals surface area contributed by atoms with Crippen LogP contribution in [0.15, 0.2) is 63.9 Å². The first-order valence-electron chi connectivity index (χ1n) is 8.62.